The maximum atomic E-state index is 12.4. The minimum absolute atomic E-state index is 0.0249. The molecule has 1 N–H and O–H groups in total. The number of rotatable bonds is 7. The number of hydrogen-bond acceptors (Lipinski definition) is 6. The van der Waals surface area contributed by atoms with E-state index in [9.17, 15) is 13.2 Å². The second kappa shape index (κ2) is 8.94. The zero-order chi connectivity index (χ0) is 21.0. The topological polar surface area (TPSA) is 102 Å². The molecule has 1 aromatic heterocycles. The molecule has 0 saturated heterocycles. The predicted molar refractivity (Wildman–Crippen MR) is 110 cm³/mol. The Morgan fingerprint density at radius 1 is 1.14 bits per heavy atom. The molecule has 0 atom stereocenters. The van der Waals surface area contributed by atoms with Crippen LogP contribution in [-0.4, -0.2) is 24.5 Å². The Kier molecular flexibility index (Phi) is 6.56. The molecule has 0 saturated carbocycles. The van der Waals surface area contributed by atoms with Gasteiger partial charge in [-0.05, 0) is 48.9 Å². The van der Waals surface area contributed by atoms with E-state index >= 15 is 0 Å². The second-order valence-electron chi connectivity index (χ2n) is 6.35. The molecule has 0 unspecified atom stereocenters. The molecule has 0 radical (unpaired) electrons. The molecule has 10 heteroatoms. The molecule has 3 rings (SSSR count). The molecule has 0 spiro atoms. The van der Waals surface area contributed by atoms with Crippen molar-refractivity contribution in [3.63, 3.8) is 0 Å². The van der Waals surface area contributed by atoms with Crippen LogP contribution in [-0.2, 0) is 26.8 Å². The van der Waals surface area contributed by atoms with Gasteiger partial charge in [-0.15, -0.1) is 0 Å². The summed E-state index contributed by atoms with van der Waals surface area (Å²) in [6, 6.07) is 11.1. The van der Waals surface area contributed by atoms with Crippen LogP contribution in [0, 0.1) is 6.92 Å². The third-order valence-electron chi connectivity index (χ3n) is 3.97. The summed E-state index contributed by atoms with van der Waals surface area (Å²) >= 11 is 11.9. The van der Waals surface area contributed by atoms with Crippen molar-refractivity contribution < 1.29 is 17.7 Å². The van der Waals surface area contributed by atoms with Crippen LogP contribution in [0.3, 0.4) is 0 Å². The van der Waals surface area contributed by atoms with E-state index < -0.39 is 15.6 Å². The van der Waals surface area contributed by atoms with Crippen molar-refractivity contribution in [2.45, 2.75) is 30.4 Å². The number of nitrogens with one attached hydrogen (secondary N) is 1. The van der Waals surface area contributed by atoms with Crippen LogP contribution in [0.2, 0.25) is 10.0 Å². The van der Waals surface area contributed by atoms with Gasteiger partial charge < -0.3 is 9.84 Å². The van der Waals surface area contributed by atoms with E-state index in [0.717, 1.165) is 5.56 Å². The molecule has 1 heterocycles. The van der Waals surface area contributed by atoms with Crippen molar-refractivity contribution in [3.8, 4) is 0 Å². The molecule has 152 valence electrons. The van der Waals surface area contributed by atoms with Gasteiger partial charge in [0, 0.05) is 17.9 Å². The van der Waals surface area contributed by atoms with Crippen LogP contribution >= 0.6 is 23.2 Å². The molecule has 3 aromatic rings. The van der Waals surface area contributed by atoms with Gasteiger partial charge in [0.25, 0.3) is 0 Å². The van der Waals surface area contributed by atoms with E-state index in [2.05, 4.69) is 15.5 Å². The lowest BCUT2D eigenvalue weighted by Gasteiger charge is -2.07. The Bertz CT molecular complexity index is 1130. The molecule has 0 aliphatic rings. The fourth-order valence-electron chi connectivity index (χ4n) is 2.50. The van der Waals surface area contributed by atoms with Crippen LogP contribution < -0.4 is 5.32 Å². The summed E-state index contributed by atoms with van der Waals surface area (Å²) in [7, 11) is -3.63. The molecule has 29 heavy (non-hydrogen) atoms. The van der Waals surface area contributed by atoms with Crippen LogP contribution in [0.15, 0.2) is 51.9 Å². The minimum Gasteiger partial charge on any atom is -0.339 e. The quantitative estimate of drug-likeness (QED) is 0.573. The Hall–Kier alpha value is -2.42. The molecule has 0 fully saturated rings. The summed E-state index contributed by atoms with van der Waals surface area (Å²) in [6.07, 6.45) is 0.249. The number of halogens is 2. The summed E-state index contributed by atoms with van der Waals surface area (Å²) in [5.74, 6) is -0.485. The number of amides is 1. The Labute approximate surface area is 177 Å². The monoisotopic (exact) mass is 453 g/mol. The van der Waals surface area contributed by atoms with Crippen LogP contribution in [0.25, 0.3) is 0 Å². The molecule has 0 bridgehead atoms. The number of aromatic nitrogens is 2. The zero-order valence-electron chi connectivity index (χ0n) is 15.4. The number of carbonyl (C=O) groups excluding carboxylic acids is 1. The lowest BCUT2D eigenvalue weighted by Crippen LogP contribution is -2.13. The number of nitrogens with zero attached hydrogens (tertiary/aromatic N) is 2. The van der Waals surface area contributed by atoms with Gasteiger partial charge in [-0.3, -0.25) is 4.79 Å². The fourth-order valence-corrected chi connectivity index (χ4v) is 4.08. The smallest absolute Gasteiger partial charge is 0.227 e. The Balaban J connectivity index is 1.57. The van der Waals surface area contributed by atoms with Gasteiger partial charge in [-0.1, -0.05) is 34.4 Å². The summed E-state index contributed by atoms with van der Waals surface area (Å²) < 4.78 is 29.9. The van der Waals surface area contributed by atoms with Gasteiger partial charge in [-0.25, -0.2) is 8.42 Å². The SMILES string of the molecule is Cc1ccc(NC(=O)CCc2nc(CS(=O)(=O)c3ccc(Cl)cc3)no2)c(Cl)c1. The first kappa shape index (κ1) is 21.3. The number of aryl methyl sites for hydroxylation is 2. The molecule has 1 amide bonds. The maximum Gasteiger partial charge on any atom is 0.227 e. The molecule has 0 aliphatic heterocycles. The molecule has 0 aliphatic carbocycles. The number of anilines is 1. The first-order valence-corrected chi connectivity index (χ1v) is 11.0. The van der Waals surface area contributed by atoms with Crippen LogP contribution in [0.4, 0.5) is 5.69 Å². The molecular weight excluding hydrogens is 437 g/mol. The predicted octanol–water partition coefficient (Wildman–Crippen LogP) is 4.23. The highest BCUT2D eigenvalue weighted by Crippen LogP contribution is 2.23. The average molecular weight is 454 g/mol. The zero-order valence-corrected chi connectivity index (χ0v) is 17.7. The highest BCUT2D eigenvalue weighted by atomic mass is 35.5. The summed E-state index contributed by atoms with van der Waals surface area (Å²) in [4.78, 5) is 16.3. The highest BCUT2D eigenvalue weighted by Gasteiger charge is 2.19. The lowest BCUT2D eigenvalue weighted by molar-refractivity contribution is -0.116. The van der Waals surface area contributed by atoms with Crippen molar-refractivity contribution in [2.75, 3.05) is 5.32 Å². The van der Waals surface area contributed by atoms with Crippen LogP contribution in [0.1, 0.15) is 23.7 Å². The fraction of sp³-hybridized carbons (Fsp3) is 0.211. The first-order chi connectivity index (χ1) is 13.7. The van der Waals surface area contributed by atoms with E-state index in [1.165, 1.54) is 24.3 Å². The van der Waals surface area contributed by atoms with Gasteiger partial charge >= 0.3 is 0 Å². The molecular formula is C19H17Cl2N3O4S. The van der Waals surface area contributed by atoms with E-state index in [-0.39, 0.29) is 35.4 Å². The van der Waals surface area contributed by atoms with Crippen molar-refractivity contribution >= 4 is 44.6 Å². The van der Waals surface area contributed by atoms with E-state index in [1.807, 2.05) is 13.0 Å². The van der Waals surface area contributed by atoms with Gasteiger partial charge in [0.15, 0.2) is 15.7 Å². The van der Waals surface area contributed by atoms with Gasteiger partial charge in [0.1, 0.15) is 5.75 Å². The van der Waals surface area contributed by atoms with Gasteiger partial charge in [0.05, 0.1) is 15.6 Å². The number of sulfone groups is 1. The van der Waals surface area contributed by atoms with E-state index in [0.29, 0.717) is 15.7 Å². The van der Waals surface area contributed by atoms with Gasteiger partial charge in [-0.2, -0.15) is 4.98 Å². The summed E-state index contributed by atoms with van der Waals surface area (Å²) in [6.45, 7) is 1.90. The highest BCUT2D eigenvalue weighted by molar-refractivity contribution is 7.90. The second-order valence-corrected chi connectivity index (χ2v) is 9.18. The molecule has 2 aromatic carbocycles. The number of benzene rings is 2. The summed E-state index contributed by atoms with van der Waals surface area (Å²) in [5.41, 5.74) is 1.50. The maximum absolute atomic E-state index is 12.4. The largest absolute Gasteiger partial charge is 0.339 e. The van der Waals surface area contributed by atoms with Crippen molar-refractivity contribution in [1.29, 1.82) is 0 Å². The van der Waals surface area contributed by atoms with Crippen molar-refractivity contribution in [3.05, 3.63) is 69.8 Å². The Morgan fingerprint density at radius 3 is 2.55 bits per heavy atom. The normalized spacial score (nSPS) is 11.4. The standard InChI is InChI=1S/C19H17Cl2N3O4S/c1-12-2-7-16(15(21)10-12)22-18(25)8-9-19-23-17(24-28-19)11-29(26,27)14-5-3-13(20)4-6-14/h2-7,10H,8-9,11H2,1H3,(H,22,25). The van der Waals surface area contributed by atoms with Crippen molar-refractivity contribution in [1.82, 2.24) is 10.1 Å². The number of carbonyl (C=O) groups is 1. The lowest BCUT2D eigenvalue weighted by atomic mass is 10.2. The number of hydrogen-bond donors (Lipinski definition) is 1. The first-order valence-electron chi connectivity index (χ1n) is 8.59. The third kappa shape index (κ3) is 5.79. The minimum atomic E-state index is -3.63. The van der Waals surface area contributed by atoms with Gasteiger partial charge in [0.2, 0.25) is 11.8 Å². The van der Waals surface area contributed by atoms with E-state index in [1.54, 1.807) is 12.1 Å². The van der Waals surface area contributed by atoms with Crippen LogP contribution in [0.5, 0.6) is 0 Å². The van der Waals surface area contributed by atoms with E-state index in [4.69, 9.17) is 27.7 Å². The summed E-state index contributed by atoms with van der Waals surface area (Å²) in [5, 5.41) is 7.29. The van der Waals surface area contributed by atoms with Crippen molar-refractivity contribution in [2.24, 2.45) is 0 Å². The molecule has 7 nitrogen and oxygen atoms in total. The third-order valence-corrected chi connectivity index (χ3v) is 6.16. The Morgan fingerprint density at radius 2 is 1.86 bits per heavy atom. The average Bonchev–Trinajstić information content (AvgIpc) is 3.09.